The first-order valence-electron chi connectivity index (χ1n) is 8.55. The fourth-order valence-corrected chi connectivity index (χ4v) is 3.84. The average Bonchev–Trinajstić information content (AvgIpc) is 3.25. The van der Waals surface area contributed by atoms with Gasteiger partial charge in [-0.15, -0.1) is 11.3 Å². The van der Waals surface area contributed by atoms with Crippen molar-refractivity contribution in [2.75, 3.05) is 30.2 Å². The Morgan fingerprint density at radius 3 is 2.30 bits per heavy atom. The molecule has 1 aromatic heterocycles. The average molecular weight is 482 g/mol. The summed E-state index contributed by atoms with van der Waals surface area (Å²) in [6.45, 7) is 0. The first-order chi connectivity index (χ1) is 14.4. The van der Waals surface area contributed by atoms with Crippen LogP contribution in [0.4, 0.5) is 17.1 Å². The van der Waals surface area contributed by atoms with E-state index in [0.717, 1.165) is 0 Å². The normalized spacial score (nSPS) is 10.3. The lowest BCUT2D eigenvalue weighted by atomic mass is 10.2. The molecule has 2 aromatic carbocycles. The number of carbonyl (C=O) groups excluding carboxylic acids is 1. The molecule has 3 aromatic rings. The van der Waals surface area contributed by atoms with E-state index in [1.54, 1.807) is 36.4 Å². The topological polar surface area (TPSA) is 71.6 Å². The first kappa shape index (κ1) is 22.2. The molecule has 0 aliphatic heterocycles. The zero-order valence-electron chi connectivity index (χ0n) is 15.9. The molecule has 0 fully saturated rings. The Bertz CT molecular complexity index is 1080. The Balaban J connectivity index is 1.68. The Labute approximate surface area is 193 Å². The van der Waals surface area contributed by atoms with E-state index in [9.17, 15) is 4.79 Å². The molecule has 0 aliphatic rings. The number of nitrogens with one attached hydrogen (secondary N) is 3. The molecule has 3 rings (SSSR count). The third-order valence-corrected chi connectivity index (χ3v) is 5.62. The van der Waals surface area contributed by atoms with Gasteiger partial charge in [-0.2, -0.15) is 0 Å². The summed E-state index contributed by atoms with van der Waals surface area (Å²) in [5.74, 6) is 0.807. The van der Waals surface area contributed by atoms with E-state index in [2.05, 4.69) is 16.0 Å². The monoisotopic (exact) mass is 481 g/mol. The number of thiocarbonyl (C=S) groups is 1. The molecule has 10 heteroatoms. The van der Waals surface area contributed by atoms with Crippen molar-refractivity contribution in [3.63, 3.8) is 0 Å². The molecular weight excluding hydrogens is 465 g/mol. The van der Waals surface area contributed by atoms with Crippen molar-refractivity contribution in [2.24, 2.45) is 0 Å². The van der Waals surface area contributed by atoms with E-state index < -0.39 is 0 Å². The number of methoxy groups -OCH3 is 2. The summed E-state index contributed by atoms with van der Waals surface area (Å²) in [4.78, 5) is 12.8. The number of hydrogen-bond donors (Lipinski definition) is 3. The smallest absolute Gasteiger partial charge is 0.265 e. The molecule has 0 atom stereocenters. The van der Waals surface area contributed by atoms with Gasteiger partial charge in [-0.3, -0.25) is 4.79 Å². The van der Waals surface area contributed by atoms with Gasteiger partial charge in [0.15, 0.2) is 5.11 Å². The van der Waals surface area contributed by atoms with Crippen LogP contribution in [0.15, 0.2) is 47.8 Å². The molecule has 156 valence electrons. The van der Waals surface area contributed by atoms with Gasteiger partial charge in [0.1, 0.15) is 11.5 Å². The molecule has 1 heterocycles. The lowest BCUT2D eigenvalue weighted by molar-refractivity contribution is 0.103. The molecule has 0 aliphatic carbocycles. The number of carbonyl (C=O) groups is 1. The van der Waals surface area contributed by atoms with Crippen LogP contribution in [0.3, 0.4) is 0 Å². The third-order valence-electron chi connectivity index (χ3n) is 3.94. The lowest BCUT2D eigenvalue weighted by Gasteiger charge is -2.16. The number of anilines is 3. The van der Waals surface area contributed by atoms with E-state index >= 15 is 0 Å². The molecule has 6 nitrogen and oxygen atoms in total. The highest BCUT2D eigenvalue weighted by Crippen LogP contribution is 2.36. The molecule has 0 bridgehead atoms. The predicted molar refractivity (Wildman–Crippen MR) is 128 cm³/mol. The maximum Gasteiger partial charge on any atom is 0.265 e. The second-order valence-electron chi connectivity index (χ2n) is 5.89. The van der Waals surface area contributed by atoms with Crippen LogP contribution in [0.1, 0.15) is 9.67 Å². The number of rotatable bonds is 6. The van der Waals surface area contributed by atoms with Crippen molar-refractivity contribution in [1.82, 2.24) is 0 Å². The lowest BCUT2D eigenvalue weighted by Crippen LogP contribution is -2.20. The summed E-state index contributed by atoms with van der Waals surface area (Å²) >= 11 is 19.3. The molecule has 0 saturated carbocycles. The number of halogens is 2. The molecule has 0 spiro atoms. The van der Waals surface area contributed by atoms with Gasteiger partial charge < -0.3 is 25.4 Å². The largest absolute Gasteiger partial charge is 0.495 e. The van der Waals surface area contributed by atoms with E-state index in [1.165, 1.54) is 25.6 Å². The standard InChI is InChI=1S/C20H17Cl2N3O3S2/c1-27-16-10-17(28-2)15(9-13(16)22)25-20(29)24-14-6-5-11(8-12(14)21)23-19(26)18-4-3-7-30-18/h3-10H,1-2H3,(H,23,26)(H2,24,25,29). The van der Waals surface area contributed by atoms with E-state index in [1.807, 2.05) is 11.4 Å². The van der Waals surface area contributed by atoms with Gasteiger partial charge in [-0.05, 0) is 47.9 Å². The van der Waals surface area contributed by atoms with Crippen LogP contribution in [-0.4, -0.2) is 25.2 Å². The highest BCUT2D eigenvalue weighted by molar-refractivity contribution is 7.80. The van der Waals surface area contributed by atoms with E-state index in [0.29, 0.717) is 43.5 Å². The number of benzene rings is 2. The highest BCUT2D eigenvalue weighted by Gasteiger charge is 2.13. The van der Waals surface area contributed by atoms with Gasteiger partial charge in [0.2, 0.25) is 0 Å². The van der Waals surface area contributed by atoms with Gasteiger partial charge in [-0.25, -0.2) is 0 Å². The fourth-order valence-electron chi connectivity index (χ4n) is 2.53. The van der Waals surface area contributed by atoms with Crippen molar-refractivity contribution in [2.45, 2.75) is 0 Å². The molecule has 3 N–H and O–H groups in total. The zero-order valence-corrected chi connectivity index (χ0v) is 19.1. The Morgan fingerprint density at radius 2 is 1.67 bits per heavy atom. The van der Waals surface area contributed by atoms with Gasteiger partial charge in [0.25, 0.3) is 5.91 Å². The summed E-state index contributed by atoms with van der Waals surface area (Å²) < 4.78 is 10.5. The van der Waals surface area contributed by atoms with E-state index in [4.69, 9.17) is 44.9 Å². The summed E-state index contributed by atoms with van der Waals surface area (Å²) in [5, 5.41) is 11.8. The molecule has 30 heavy (non-hydrogen) atoms. The minimum atomic E-state index is -0.192. The Morgan fingerprint density at radius 1 is 0.933 bits per heavy atom. The van der Waals surface area contributed by atoms with Crippen molar-refractivity contribution >= 4 is 74.8 Å². The maximum absolute atomic E-state index is 12.2. The fraction of sp³-hybridized carbons (Fsp3) is 0.100. The van der Waals surface area contributed by atoms with Crippen LogP contribution in [-0.2, 0) is 0 Å². The maximum atomic E-state index is 12.2. The second kappa shape index (κ2) is 9.99. The van der Waals surface area contributed by atoms with Crippen LogP contribution in [0.5, 0.6) is 11.5 Å². The summed E-state index contributed by atoms with van der Waals surface area (Å²) in [7, 11) is 3.05. The quantitative estimate of drug-likeness (QED) is 0.367. The van der Waals surface area contributed by atoms with Gasteiger partial charge in [0, 0.05) is 11.8 Å². The van der Waals surface area contributed by atoms with Crippen LogP contribution in [0.25, 0.3) is 0 Å². The first-order valence-corrected chi connectivity index (χ1v) is 10.6. The zero-order chi connectivity index (χ0) is 21.7. The van der Waals surface area contributed by atoms with Crippen LogP contribution in [0, 0.1) is 0 Å². The van der Waals surface area contributed by atoms with Crippen LogP contribution in [0.2, 0.25) is 10.0 Å². The van der Waals surface area contributed by atoms with Crippen molar-refractivity contribution in [1.29, 1.82) is 0 Å². The van der Waals surface area contributed by atoms with Crippen LogP contribution < -0.4 is 25.4 Å². The minimum Gasteiger partial charge on any atom is -0.495 e. The number of amides is 1. The number of hydrogen-bond acceptors (Lipinski definition) is 5. The molecule has 0 unspecified atom stereocenters. The molecule has 1 amide bonds. The summed E-state index contributed by atoms with van der Waals surface area (Å²) in [6, 6.07) is 12.0. The van der Waals surface area contributed by atoms with Crippen molar-refractivity contribution in [3.05, 3.63) is 62.8 Å². The van der Waals surface area contributed by atoms with Crippen molar-refractivity contribution < 1.29 is 14.3 Å². The Hall–Kier alpha value is -2.52. The number of ether oxygens (including phenoxy) is 2. The van der Waals surface area contributed by atoms with E-state index in [-0.39, 0.29) is 11.0 Å². The van der Waals surface area contributed by atoms with Gasteiger partial charge in [0.05, 0.1) is 40.5 Å². The van der Waals surface area contributed by atoms with Gasteiger partial charge >= 0.3 is 0 Å². The molecular formula is C20H17Cl2N3O3S2. The molecule has 0 radical (unpaired) electrons. The third kappa shape index (κ3) is 5.34. The SMILES string of the molecule is COc1cc(OC)c(NC(=S)Nc2ccc(NC(=O)c3cccs3)cc2Cl)cc1Cl. The minimum absolute atomic E-state index is 0.192. The van der Waals surface area contributed by atoms with Gasteiger partial charge in [-0.1, -0.05) is 29.3 Å². The second-order valence-corrected chi connectivity index (χ2v) is 8.06. The predicted octanol–water partition coefficient (Wildman–Crippen LogP) is 6.13. The van der Waals surface area contributed by atoms with Crippen LogP contribution >= 0.6 is 46.8 Å². The summed E-state index contributed by atoms with van der Waals surface area (Å²) in [6.07, 6.45) is 0. The van der Waals surface area contributed by atoms with Crippen molar-refractivity contribution in [3.8, 4) is 11.5 Å². The number of thiophene rings is 1. The highest BCUT2D eigenvalue weighted by atomic mass is 35.5. The summed E-state index contributed by atoms with van der Waals surface area (Å²) in [5.41, 5.74) is 1.71. The Kier molecular flexibility index (Phi) is 7.38. The molecule has 0 saturated heterocycles.